The van der Waals surface area contributed by atoms with Crippen LogP contribution in [-0.2, 0) is 23.7 Å². The van der Waals surface area contributed by atoms with E-state index in [1.807, 2.05) is 0 Å². The summed E-state index contributed by atoms with van der Waals surface area (Å²) in [4.78, 5) is 0. The first-order valence-electron chi connectivity index (χ1n) is 7.60. The molecule has 0 spiro atoms. The topological polar surface area (TPSA) is 84.2 Å². The maximum Gasteiger partial charge on any atom is 0.163 e. The minimum atomic E-state index is 0.323. The first-order chi connectivity index (χ1) is 10.8. The Balaban J connectivity index is 2.95. The predicted octanol–water partition coefficient (Wildman–Crippen LogP) is 0.313. The summed E-state index contributed by atoms with van der Waals surface area (Å²) in [5.74, 6) is 0. The van der Waals surface area contributed by atoms with Gasteiger partial charge in [0.15, 0.2) is 5.11 Å². The molecule has 0 atom stereocenters. The zero-order valence-electron chi connectivity index (χ0n) is 13.5. The normalized spacial score (nSPS) is 10.8. The molecule has 7 nitrogen and oxygen atoms in total. The molecule has 0 rings (SSSR count). The van der Waals surface area contributed by atoms with Crippen molar-refractivity contribution in [2.75, 3.05) is 73.1 Å². The van der Waals surface area contributed by atoms with Gasteiger partial charge in [0.1, 0.15) is 0 Å². The fraction of sp³-hybridized carbons (Fsp3) is 0.929. The minimum Gasteiger partial charge on any atom is -0.385 e. The van der Waals surface area contributed by atoms with Gasteiger partial charge in [0.2, 0.25) is 0 Å². The maximum atomic E-state index is 5.39. The highest BCUT2D eigenvalue weighted by atomic mass is 32.1. The molecular formula is C14H30N2O5S. The Hall–Kier alpha value is -0.510. The van der Waals surface area contributed by atoms with Crippen LogP contribution in [0.1, 0.15) is 12.8 Å². The molecule has 0 saturated carbocycles. The first-order valence-corrected chi connectivity index (χ1v) is 8.01. The maximum absolute atomic E-state index is 5.39. The van der Waals surface area contributed by atoms with Crippen LogP contribution < -0.4 is 11.1 Å². The predicted molar refractivity (Wildman–Crippen MR) is 89.2 cm³/mol. The number of thiocarbonyl (C=S) groups is 1. The number of rotatable bonds is 17. The lowest BCUT2D eigenvalue weighted by Crippen LogP contribution is -2.30. The second kappa shape index (κ2) is 18.5. The Labute approximate surface area is 138 Å². The summed E-state index contributed by atoms with van der Waals surface area (Å²) < 4.78 is 26.4. The summed E-state index contributed by atoms with van der Waals surface area (Å²) in [7, 11) is 1.68. The van der Waals surface area contributed by atoms with Gasteiger partial charge in [0, 0.05) is 33.5 Å². The van der Waals surface area contributed by atoms with E-state index < -0.39 is 0 Å². The number of nitrogens with two attached hydrogens (primary N) is 1. The van der Waals surface area contributed by atoms with E-state index in [4.69, 9.17) is 29.4 Å². The number of hydrogen-bond acceptors (Lipinski definition) is 6. The van der Waals surface area contributed by atoms with Gasteiger partial charge in [-0.3, -0.25) is 0 Å². The van der Waals surface area contributed by atoms with Crippen LogP contribution >= 0.6 is 12.2 Å². The molecule has 0 aliphatic heterocycles. The van der Waals surface area contributed by atoms with Gasteiger partial charge in [-0.15, -0.1) is 0 Å². The molecule has 132 valence electrons. The Kier molecular flexibility index (Phi) is 18.1. The standard InChI is InChI=1S/C14H30N2O5S/c1-17-5-3-7-19-9-11-21-13-12-20-10-8-18-6-2-4-16-14(15)22/h2-13H2,1H3,(H3,15,16,22). The van der Waals surface area contributed by atoms with Gasteiger partial charge >= 0.3 is 0 Å². The Bertz CT molecular complexity index is 247. The van der Waals surface area contributed by atoms with Gasteiger partial charge in [-0.2, -0.15) is 0 Å². The van der Waals surface area contributed by atoms with Crippen LogP contribution in [-0.4, -0.2) is 78.2 Å². The van der Waals surface area contributed by atoms with Crippen LogP contribution in [0.4, 0.5) is 0 Å². The van der Waals surface area contributed by atoms with Gasteiger partial charge in [0.05, 0.1) is 39.6 Å². The van der Waals surface area contributed by atoms with E-state index in [-0.39, 0.29) is 0 Å². The zero-order valence-corrected chi connectivity index (χ0v) is 14.3. The van der Waals surface area contributed by atoms with Gasteiger partial charge in [-0.1, -0.05) is 0 Å². The van der Waals surface area contributed by atoms with E-state index in [1.54, 1.807) is 7.11 Å². The van der Waals surface area contributed by atoms with Crippen LogP contribution in [0.2, 0.25) is 0 Å². The third-order valence-corrected chi connectivity index (χ3v) is 2.66. The van der Waals surface area contributed by atoms with Crippen molar-refractivity contribution in [2.24, 2.45) is 5.73 Å². The lowest BCUT2D eigenvalue weighted by atomic mass is 10.4. The second-order valence-corrected chi connectivity index (χ2v) is 4.88. The zero-order chi connectivity index (χ0) is 16.3. The highest BCUT2D eigenvalue weighted by Crippen LogP contribution is 1.86. The number of methoxy groups -OCH3 is 1. The summed E-state index contributed by atoms with van der Waals surface area (Å²) in [6.45, 7) is 6.30. The Morgan fingerprint density at radius 3 is 1.68 bits per heavy atom. The molecule has 0 aromatic carbocycles. The average molecular weight is 338 g/mol. The van der Waals surface area contributed by atoms with E-state index in [1.165, 1.54) is 0 Å². The Morgan fingerprint density at radius 1 is 0.773 bits per heavy atom. The van der Waals surface area contributed by atoms with Crippen molar-refractivity contribution >= 4 is 17.3 Å². The van der Waals surface area contributed by atoms with Crippen molar-refractivity contribution in [1.29, 1.82) is 0 Å². The molecule has 0 saturated heterocycles. The third-order valence-electron chi connectivity index (χ3n) is 2.52. The molecular weight excluding hydrogens is 308 g/mol. The fourth-order valence-corrected chi connectivity index (χ4v) is 1.56. The summed E-state index contributed by atoms with van der Waals surface area (Å²) in [6, 6.07) is 0. The van der Waals surface area contributed by atoms with Crippen molar-refractivity contribution < 1.29 is 23.7 Å². The average Bonchev–Trinajstić information content (AvgIpc) is 2.50. The molecule has 0 radical (unpaired) electrons. The smallest absolute Gasteiger partial charge is 0.163 e. The number of nitrogens with one attached hydrogen (secondary N) is 1. The minimum absolute atomic E-state index is 0.323. The van der Waals surface area contributed by atoms with Crippen LogP contribution in [0.5, 0.6) is 0 Å². The number of ether oxygens (including phenoxy) is 5. The highest BCUT2D eigenvalue weighted by Gasteiger charge is 1.93. The highest BCUT2D eigenvalue weighted by molar-refractivity contribution is 7.80. The quantitative estimate of drug-likeness (QED) is 0.290. The molecule has 0 aliphatic rings. The van der Waals surface area contributed by atoms with E-state index in [0.717, 1.165) is 26.0 Å². The van der Waals surface area contributed by atoms with Crippen molar-refractivity contribution in [3.05, 3.63) is 0 Å². The van der Waals surface area contributed by atoms with Gasteiger partial charge in [-0.05, 0) is 25.1 Å². The van der Waals surface area contributed by atoms with Crippen LogP contribution in [0.3, 0.4) is 0 Å². The number of hydrogen-bond donors (Lipinski definition) is 2. The van der Waals surface area contributed by atoms with Gasteiger partial charge < -0.3 is 34.7 Å². The van der Waals surface area contributed by atoms with Crippen molar-refractivity contribution in [3.63, 3.8) is 0 Å². The molecule has 8 heteroatoms. The van der Waals surface area contributed by atoms with Crippen molar-refractivity contribution in [1.82, 2.24) is 5.32 Å². The lowest BCUT2D eigenvalue weighted by molar-refractivity contribution is -0.00353. The molecule has 0 aliphatic carbocycles. The molecule has 0 heterocycles. The van der Waals surface area contributed by atoms with E-state index >= 15 is 0 Å². The fourth-order valence-electron chi connectivity index (χ4n) is 1.45. The van der Waals surface area contributed by atoms with Crippen molar-refractivity contribution in [3.8, 4) is 0 Å². The summed E-state index contributed by atoms with van der Waals surface area (Å²) in [6.07, 6.45) is 1.78. The molecule has 3 N–H and O–H groups in total. The molecule has 0 fully saturated rings. The van der Waals surface area contributed by atoms with E-state index in [9.17, 15) is 0 Å². The molecule has 0 bridgehead atoms. The summed E-state index contributed by atoms with van der Waals surface area (Å²) >= 11 is 4.69. The lowest BCUT2D eigenvalue weighted by Gasteiger charge is -2.08. The molecule has 0 aromatic rings. The van der Waals surface area contributed by atoms with Gasteiger partial charge in [-0.25, -0.2) is 0 Å². The molecule has 0 unspecified atom stereocenters. The molecule has 22 heavy (non-hydrogen) atoms. The van der Waals surface area contributed by atoms with Crippen molar-refractivity contribution in [2.45, 2.75) is 12.8 Å². The van der Waals surface area contributed by atoms with E-state index in [0.29, 0.717) is 58.0 Å². The SMILES string of the molecule is COCCCOCCOCCOCCOCCCNC(N)=S. The third kappa shape index (κ3) is 19.5. The molecule has 0 amide bonds. The monoisotopic (exact) mass is 338 g/mol. The second-order valence-electron chi connectivity index (χ2n) is 4.44. The Morgan fingerprint density at radius 2 is 1.23 bits per heavy atom. The van der Waals surface area contributed by atoms with Crippen LogP contribution in [0, 0.1) is 0 Å². The summed E-state index contributed by atoms with van der Waals surface area (Å²) in [5.41, 5.74) is 5.29. The van der Waals surface area contributed by atoms with Gasteiger partial charge in [0.25, 0.3) is 0 Å². The van der Waals surface area contributed by atoms with E-state index in [2.05, 4.69) is 17.5 Å². The van der Waals surface area contributed by atoms with Crippen LogP contribution in [0.25, 0.3) is 0 Å². The first kappa shape index (κ1) is 21.5. The summed E-state index contributed by atoms with van der Waals surface area (Å²) in [5, 5.41) is 3.18. The van der Waals surface area contributed by atoms with Crippen LogP contribution in [0.15, 0.2) is 0 Å². The molecule has 0 aromatic heterocycles. The largest absolute Gasteiger partial charge is 0.385 e.